The van der Waals surface area contributed by atoms with Gasteiger partial charge in [0, 0.05) is 31.9 Å². The first-order valence-electron chi connectivity index (χ1n) is 5.98. The zero-order valence-electron chi connectivity index (χ0n) is 11.1. The molecule has 0 atom stereocenters. The van der Waals surface area contributed by atoms with E-state index in [-0.39, 0.29) is 0 Å². The van der Waals surface area contributed by atoms with Gasteiger partial charge in [-0.2, -0.15) is 4.98 Å². The molecule has 0 radical (unpaired) electrons. The Morgan fingerprint density at radius 2 is 2.11 bits per heavy atom. The molecule has 100 valence electrons. The van der Waals surface area contributed by atoms with E-state index in [1.54, 1.807) is 6.20 Å². The predicted octanol–water partition coefficient (Wildman–Crippen LogP) is 1.14. The van der Waals surface area contributed by atoms with Crippen LogP contribution < -0.4 is 15.4 Å². The second-order valence-corrected chi connectivity index (χ2v) is 4.11. The molecular weight excluding hydrogens is 242 g/mol. The summed E-state index contributed by atoms with van der Waals surface area (Å²) in [6.07, 6.45) is 4.06. The average Bonchev–Trinajstić information content (AvgIpc) is 2.46. The van der Waals surface area contributed by atoms with Crippen LogP contribution in [0, 0.1) is 0 Å². The van der Waals surface area contributed by atoms with Crippen molar-refractivity contribution in [3.05, 3.63) is 36.4 Å². The highest BCUT2D eigenvalue weighted by Crippen LogP contribution is 2.26. The maximum Gasteiger partial charge on any atom is 0.242 e. The fraction of sp³-hybridized carbons (Fsp3) is 0.308. The number of aromatic nitrogens is 3. The van der Waals surface area contributed by atoms with Gasteiger partial charge in [0.1, 0.15) is 12.0 Å². The summed E-state index contributed by atoms with van der Waals surface area (Å²) in [5, 5.41) is 0. The lowest BCUT2D eigenvalue weighted by molar-refractivity contribution is 0.399. The molecule has 0 aliphatic heterocycles. The summed E-state index contributed by atoms with van der Waals surface area (Å²) in [6, 6.07) is 5.88. The minimum absolute atomic E-state index is 0.398. The molecule has 19 heavy (non-hydrogen) atoms. The van der Waals surface area contributed by atoms with E-state index in [0.29, 0.717) is 17.4 Å². The topological polar surface area (TPSA) is 77.2 Å². The van der Waals surface area contributed by atoms with Gasteiger partial charge < -0.3 is 15.4 Å². The highest BCUT2D eigenvalue weighted by Gasteiger charge is 2.12. The summed E-state index contributed by atoms with van der Waals surface area (Å²) in [5.74, 6) is 1.07. The third kappa shape index (κ3) is 3.09. The van der Waals surface area contributed by atoms with Gasteiger partial charge in [-0.1, -0.05) is 6.07 Å². The Kier molecular flexibility index (Phi) is 4.12. The molecule has 0 aliphatic rings. The van der Waals surface area contributed by atoms with Gasteiger partial charge in [0.2, 0.25) is 5.88 Å². The molecule has 0 unspecified atom stereocenters. The van der Waals surface area contributed by atoms with E-state index in [4.69, 9.17) is 10.5 Å². The van der Waals surface area contributed by atoms with Crippen molar-refractivity contribution in [3.63, 3.8) is 0 Å². The lowest BCUT2D eigenvalue weighted by atomic mass is 10.2. The molecule has 0 fully saturated rings. The quantitative estimate of drug-likeness (QED) is 0.867. The summed E-state index contributed by atoms with van der Waals surface area (Å²) in [7, 11) is 3.47. The maximum absolute atomic E-state index is 5.96. The van der Waals surface area contributed by atoms with Crippen molar-refractivity contribution in [2.45, 2.75) is 6.42 Å². The second-order valence-electron chi connectivity index (χ2n) is 4.11. The van der Waals surface area contributed by atoms with Gasteiger partial charge in [-0.15, -0.1) is 0 Å². The molecule has 6 heteroatoms. The van der Waals surface area contributed by atoms with Gasteiger partial charge in [-0.25, -0.2) is 4.98 Å². The number of rotatable bonds is 5. The smallest absolute Gasteiger partial charge is 0.242 e. The molecule has 2 N–H and O–H groups in total. The largest absolute Gasteiger partial charge is 0.479 e. The number of anilines is 2. The zero-order valence-corrected chi connectivity index (χ0v) is 11.1. The average molecular weight is 259 g/mol. The number of nitrogen functional groups attached to an aromatic ring is 1. The minimum Gasteiger partial charge on any atom is -0.479 e. The van der Waals surface area contributed by atoms with Crippen LogP contribution >= 0.6 is 0 Å². The van der Waals surface area contributed by atoms with Crippen LogP contribution in [0.2, 0.25) is 0 Å². The van der Waals surface area contributed by atoms with E-state index in [9.17, 15) is 0 Å². The predicted molar refractivity (Wildman–Crippen MR) is 74.2 cm³/mol. The van der Waals surface area contributed by atoms with Gasteiger partial charge in [0.15, 0.2) is 5.82 Å². The number of ether oxygens (including phenoxy) is 1. The Morgan fingerprint density at radius 1 is 1.26 bits per heavy atom. The first-order chi connectivity index (χ1) is 9.22. The molecule has 2 aromatic heterocycles. The molecule has 0 saturated heterocycles. The Labute approximate surface area is 112 Å². The van der Waals surface area contributed by atoms with Crippen LogP contribution in [0.4, 0.5) is 11.5 Å². The van der Waals surface area contributed by atoms with E-state index in [2.05, 4.69) is 15.0 Å². The summed E-state index contributed by atoms with van der Waals surface area (Å²) in [6.45, 7) is 0.765. The standard InChI is InChI=1S/C13H17N5O/c1-18(8-6-10-5-3-4-7-15-10)12-11(14)13(19-2)17-9-16-12/h3-5,7,9H,6,8,14H2,1-2H3. The molecule has 0 amide bonds. The van der Waals surface area contributed by atoms with Crippen LogP contribution in [0.5, 0.6) is 5.88 Å². The highest BCUT2D eigenvalue weighted by atomic mass is 16.5. The third-order valence-electron chi connectivity index (χ3n) is 2.81. The molecule has 6 nitrogen and oxygen atoms in total. The zero-order chi connectivity index (χ0) is 13.7. The van der Waals surface area contributed by atoms with Crippen molar-refractivity contribution in [2.24, 2.45) is 0 Å². The Morgan fingerprint density at radius 3 is 2.79 bits per heavy atom. The monoisotopic (exact) mass is 259 g/mol. The highest BCUT2D eigenvalue weighted by molar-refractivity contribution is 5.67. The molecule has 2 aromatic rings. The first-order valence-corrected chi connectivity index (χ1v) is 5.98. The molecular formula is C13H17N5O. The number of pyridine rings is 1. The van der Waals surface area contributed by atoms with Gasteiger partial charge >= 0.3 is 0 Å². The summed E-state index contributed by atoms with van der Waals surface area (Å²) in [5.41, 5.74) is 7.44. The van der Waals surface area contributed by atoms with Crippen molar-refractivity contribution in [2.75, 3.05) is 31.3 Å². The lowest BCUT2D eigenvalue weighted by Crippen LogP contribution is -2.23. The van der Waals surface area contributed by atoms with E-state index < -0.39 is 0 Å². The molecule has 2 rings (SSSR count). The summed E-state index contributed by atoms with van der Waals surface area (Å²) in [4.78, 5) is 14.4. The third-order valence-corrected chi connectivity index (χ3v) is 2.81. The number of methoxy groups -OCH3 is 1. The number of nitrogens with two attached hydrogens (primary N) is 1. The van der Waals surface area contributed by atoms with Gasteiger partial charge in [0.25, 0.3) is 0 Å². The van der Waals surface area contributed by atoms with E-state index in [0.717, 1.165) is 18.7 Å². The Hall–Kier alpha value is -2.37. The molecule has 0 spiro atoms. The minimum atomic E-state index is 0.398. The van der Waals surface area contributed by atoms with Crippen molar-refractivity contribution in [1.82, 2.24) is 15.0 Å². The fourth-order valence-corrected chi connectivity index (χ4v) is 1.77. The number of likely N-dealkylation sites (N-methyl/N-ethyl adjacent to an activating group) is 1. The van der Waals surface area contributed by atoms with Gasteiger partial charge in [0.05, 0.1) is 7.11 Å². The van der Waals surface area contributed by atoms with Crippen molar-refractivity contribution >= 4 is 11.5 Å². The van der Waals surface area contributed by atoms with Crippen molar-refractivity contribution < 1.29 is 4.74 Å². The van der Waals surface area contributed by atoms with Crippen LogP contribution in [-0.4, -0.2) is 35.7 Å². The summed E-state index contributed by atoms with van der Waals surface area (Å²) >= 11 is 0. The van der Waals surface area contributed by atoms with E-state index >= 15 is 0 Å². The van der Waals surface area contributed by atoms with Crippen LogP contribution in [0.15, 0.2) is 30.7 Å². The molecule has 2 heterocycles. The number of nitrogens with zero attached hydrogens (tertiary/aromatic N) is 4. The van der Waals surface area contributed by atoms with Crippen LogP contribution in [-0.2, 0) is 6.42 Å². The first kappa shape index (κ1) is 13.1. The van der Waals surface area contributed by atoms with Crippen LogP contribution in [0.1, 0.15) is 5.69 Å². The van der Waals surface area contributed by atoms with Crippen LogP contribution in [0.3, 0.4) is 0 Å². The van der Waals surface area contributed by atoms with Crippen molar-refractivity contribution in [3.8, 4) is 5.88 Å². The van der Waals surface area contributed by atoms with Gasteiger partial charge in [-0.3, -0.25) is 4.98 Å². The molecule has 0 aliphatic carbocycles. The maximum atomic E-state index is 5.96. The number of hydrogen-bond acceptors (Lipinski definition) is 6. The normalized spacial score (nSPS) is 10.2. The van der Waals surface area contributed by atoms with Crippen LogP contribution in [0.25, 0.3) is 0 Å². The Balaban J connectivity index is 2.06. The summed E-state index contributed by atoms with van der Waals surface area (Å²) < 4.78 is 5.08. The lowest BCUT2D eigenvalue weighted by Gasteiger charge is -2.19. The molecule has 0 saturated carbocycles. The number of hydrogen-bond donors (Lipinski definition) is 1. The van der Waals surface area contributed by atoms with Gasteiger partial charge in [-0.05, 0) is 12.1 Å². The fourth-order valence-electron chi connectivity index (χ4n) is 1.77. The van der Waals surface area contributed by atoms with Crippen molar-refractivity contribution in [1.29, 1.82) is 0 Å². The Bertz CT molecular complexity index is 532. The second kappa shape index (κ2) is 5.99. The molecule has 0 bridgehead atoms. The molecule has 0 aromatic carbocycles. The SMILES string of the molecule is COc1ncnc(N(C)CCc2ccccn2)c1N. The van der Waals surface area contributed by atoms with E-state index in [1.807, 2.05) is 30.1 Å². The van der Waals surface area contributed by atoms with E-state index in [1.165, 1.54) is 13.4 Å².